The second-order valence-electron chi connectivity index (χ2n) is 3.54. The molecule has 0 atom stereocenters. The van der Waals surface area contributed by atoms with Crippen molar-refractivity contribution in [1.82, 2.24) is 19.9 Å². The van der Waals surface area contributed by atoms with Gasteiger partial charge >= 0.3 is 0 Å². The Hall–Kier alpha value is -2.46. The average molecular weight is 257 g/mol. The third-order valence-corrected chi connectivity index (χ3v) is 3.17. The highest BCUT2D eigenvalue weighted by Crippen LogP contribution is 2.25. The number of hydrogen-bond donors (Lipinski definition) is 0. The predicted octanol–water partition coefficient (Wildman–Crippen LogP) is 1.91. The Balaban J connectivity index is 1.80. The molecule has 0 unspecified atom stereocenters. The van der Waals surface area contributed by atoms with Gasteiger partial charge in [-0.3, -0.25) is 0 Å². The second kappa shape index (κ2) is 4.43. The van der Waals surface area contributed by atoms with Gasteiger partial charge in [-0.15, -0.1) is 16.4 Å². The molecule has 0 fully saturated rings. The van der Waals surface area contributed by atoms with Crippen molar-refractivity contribution in [2.24, 2.45) is 0 Å². The third kappa shape index (κ3) is 2.01. The third-order valence-electron chi connectivity index (χ3n) is 2.28. The summed E-state index contributed by atoms with van der Waals surface area (Å²) >= 11 is 1.59. The fourth-order valence-electron chi connectivity index (χ4n) is 1.51. The summed E-state index contributed by atoms with van der Waals surface area (Å²) in [5, 5.41) is 18.5. The standard InChI is InChI=1S/C11H7N5OS/c12-5-11-13-7-16(14-11)6-8-4-9(17-15-8)10-2-1-3-18-10/h1-4,7H,6H2. The van der Waals surface area contributed by atoms with Crippen LogP contribution in [0.3, 0.4) is 0 Å². The Labute approximate surface area is 106 Å². The average Bonchev–Trinajstić information content (AvgIpc) is 3.10. The van der Waals surface area contributed by atoms with Crippen LogP contribution in [0.1, 0.15) is 11.5 Å². The Kier molecular flexibility index (Phi) is 2.63. The van der Waals surface area contributed by atoms with Crippen LogP contribution in [-0.4, -0.2) is 19.9 Å². The minimum Gasteiger partial charge on any atom is -0.355 e. The SMILES string of the molecule is N#Cc1ncn(Cc2cc(-c3cccs3)on2)n1. The van der Waals surface area contributed by atoms with Crippen LogP contribution in [-0.2, 0) is 6.54 Å². The van der Waals surface area contributed by atoms with Gasteiger partial charge < -0.3 is 4.52 Å². The smallest absolute Gasteiger partial charge is 0.252 e. The number of hydrogen-bond acceptors (Lipinski definition) is 6. The van der Waals surface area contributed by atoms with E-state index in [4.69, 9.17) is 9.78 Å². The van der Waals surface area contributed by atoms with Crippen LogP contribution in [0, 0.1) is 11.3 Å². The van der Waals surface area contributed by atoms with Crippen LogP contribution >= 0.6 is 11.3 Å². The van der Waals surface area contributed by atoms with E-state index in [1.807, 2.05) is 29.6 Å². The van der Waals surface area contributed by atoms with Crippen molar-refractivity contribution in [3.8, 4) is 16.7 Å². The van der Waals surface area contributed by atoms with E-state index < -0.39 is 0 Å². The summed E-state index contributed by atoms with van der Waals surface area (Å²) in [4.78, 5) is 4.85. The van der Waals surface area contributed by atoms with Gasteiger partial charge in [0, 0.05) is 6.07 Å². The Morgan fingerprint density at radius 2 is 2.44 bits per heavy atom. The second-order valence-corrected chi connectivity index (χ2v) is 4.49. The van der Waals surface area contributed by atoms with Crippen molar-refractivity contribution in [3.63, 3.8) is 0 Å². The lowest BCUT2D eigenvalue weighted by molar-refractivity contribution is 0.420. The minimum atomic E-state index is 0.150. The van der Waals surface area contributed by atoms with E-state index in [-0.39, 0.29) is 5.82 Å². The normalized spacial score (nSPS) is 10.4. The van der Waals surface area contributed by atoms with Crippen LogP contribution in [0.25, 0.3) is 10.6 Å². The predicted molar refractivity (Wildman–Crippen MR) is 63.7 cm³/mol. The first kappa shape index (κ1) is 10.7. The molecule has 3 heterocycles. The molecule has 7 heteroatoms. The molecular weight excluding hydrogens is 250 g/mol. The number of nitriles is 1. The highest BCUT2D eigenvalue weighted by atomic mass is 32.1. The lowest BCUT2D eigenvalue weighted by Crippen LogP contribution is -2.00. The quantitative estimate of drug-likeness (QED) is 0.716. The maximum Gasteiger partial charge on any atom is 0.252 e. The van der Waals surface area contributed by atoms with Crippen LogP contribution in [0.2, 0.25) is 0 Å². The van der Waals surface area contributed by atoms with E-state index in [9.17, 15) is 0 Å². The van der Waals surface area contributed by atoms with Gasteiger partial charge in [-0.05, 0) is 11.4 Å². The molecule has 18 heavy (non-hydrogen) atoms. The minimum absolute atomic E-state index is 0.150. The van der Waals surface area contributed by atoms with Gasteiger partial charge in [-0.1, -0.05) is 11.2 Å². The van der Waals surface area contributed by atoms with E-state index in [2.05, 4.69) is 15.2 Å². The molecule has 6 nitrogen and oxygen atoms in total. The zero-order valence-corrected chi connectivity index (χ0v) is 9.96. The zero-order valence-electron chi connectivity index (χ0n) is 9.15. The maximum atomic E-state index is 8.63. The molecule has 0 radical (unpaired) electrons. The van der Waals surface area contributed by atoms with Crippen molar-refractivity contribution in [2.45, 2.75) is 6.54 Å². The summed E-state index contributed by atoms with van der Waals surface area (Å²) in [7, 11) is 0. The molecule has 0 spiro atoms. The zero-order chi connectivity index (χ0) is 12.4. The Morgan fingerprint density at radius 1 is 1.50 bits per heavy atom. The van der Waals surface area contributed by atoms with Gasteiger partial charge in [0.1, 0.15) is 18.1 Å². The topological polar surface area (TPSA) is 80.5 Å². The van der Waals surface area contributed by atoms with E-state index in [1.165, 1.54) is 6.33 Å². The molecule has 0 amide bonds. The van der Waals surface area contributed by atoms with E-state index in [1.54, 1.807) is 16.0 Å². The summed E-state index contributed by atoms with van der Waals surface area (Å²) in [6, 6.07) is 7.66. The molecule has 3 aromatic heterocycles. The van der Waals surface area contributed by atoms with Gasteiger partial charge in [0.25, 0.3) is 5.82 Å². The number of rotatable bonds is 3. The van der Waals surface area contributed by atoms with Gasteiger partial charge in [0.15, 0.2) is 5.76 Å². The van der Waals surface area contributed by atoms with Crippen molar-refractivity contribution < 1.29 is 4.52 Å². The van der Waals surface area contributed by atoms with Crippen molar-refractivity contribution in [2.75, 3.05) is 0 Å². The molecule has 3 rings (SSSR count). The lowest BCUT2D eigenvalue weighted by Gasteiger charge is -1.92. The lowest BCUT2D eigenvalue weighted by atomic mass is 10.3. The first-order valence-corrected chi connectivity index (χ1v) is 6.02. The highest BCUT2D eigenvalue weighted by molar-refractivity contribution is 7.13. The van der Waals surface area contributed by atoms with Crippen LogP contribution in [0.15, 0.2) is 34.4 Å². The molecule has 0 aromatic carbocycles. The summed E-state index contributed by atoms with van der Waals surface area (Å²) < 4.78 is 6.80. The maximum absolute atomic E-state index is 8.63. The molecule has 88 valence electrons. The number of aromatic nitrogens is 4. The molecule has 0 aliphatic rings. The molecule has 0 aliphatic heterocycles. The van der Waals surface area contributed by atoms with E-state index in [0.717, 1.165) is 16.3 Å². The summed E-state index contributed by atoms with van der Waals surface area (Å²) in [6.45, 7) is 0.434. The van der Waals surface area contributed by atoms with Gasteiger partial charge in [-0.2, -0.15) is 5.26 Å². The molecule has 3 aromatic rings. The van der Waals surface area contributed by atoms with Gasteiger partial charge in [0.05, 0.1) is 11.4 Å². The monoisotopic (exact) mass is 257 g/mol. The van der Waals surface area contributed by atoms with Gasteiger partial charge in [0.2, 0.25) is 0 Å². The molecule has 0 saturated carbocycles. The van der Waals surface area contributed by atoms with E-state index >= 15 is 0 Å². The Morgan fingerprint density at radius 3 is 3.17 bits per heavy atom. The molecule has 0 bridgehead atoms. The largest absolute Gasteiger partial charge is 0.355 e. The fourth-order valence-corrected chi connectivity index (χ4v) is 2.18. The Bertz CT molecular complexity index is 691. The first-order chi connectivity index (χ1) is 8.85. The fraction of sp³-hybridized carbons (Fsp3) is 0.0909. The molecule has 0 saturated heterocycles. The van der Waals surface area contributed by atoms with Crippen molar-refractivity contribution in [3.05, 3.63) is 41.4 Å². The summed E-state index contributed by atoms with van der Waals surface area (Å²) in [6.07, 6.45) is 1.50. The first-order valence-electron chi connectivity index (χ1n) is 5.14. The summed E-state index contributed by atoms with van der Waals surface area (Å²) in [5.74, 6) is 0.887. The van der Waals surface area contributed by atoms with Crippen LogP contribution < -0.4 is 0 Å². The van der Waals surface area contributed by atoms with Crippen molar-refractivity contribution in [1.29, 1.82) is 5.26 Å². The van der Waals surface area contributed by atoms with E-state index in [0.29, 0.717) is 6.54 Å². The van der Waals surface area contributed by atoms with Gasteiger partial charge in [-0.25, -0.2) is 9.67 Å². The summed E-state index contributed by atoms with van der Waals surface area (Å²) in [5.41, 5.74) is 0.743. The number of nitrogens with zero attached hydrogens (tertiary/aromatic N) is 5. The van der Waals surface area contributed by atoms with Crippen molar-refractivity contribution >= 4 is 11.3 Å². The molecule has 0 N–H and O–H groups in total. The van der Waals surface area contributed by atoms with Crippen LogP contribution in [0.5, 0.6) is 0 Å². The molecular formula is C11H7N5OS. The number of thiophene rings is 1. The van der Waals surface area contributed by atoms with Crippen LogP contribution in [0.4, 0.5) is 0 Å². The highest BCUT2D eigenvalue weighted by Gasteiger charge is 2.08. The molecule has 0 aliphatic carbocycles.